The number of rotatable bonds is 10. The van der Waals surface area contributed by atoms with Gasteiger partial charge in [0.15, 0.2) is 8.07 Å². The summed E-state index contributed by atoms with van der Waals surface area (Å²) in [6, 6.07) is 53.2. The van der Waals surface area contributed by atoms with Crippen molar-refractivity contribution in [2.45, 2.75) is 47.0 Å². The van der Waals surface area contributed by atoms with Gasteiger partial charge in [0.1, 0.15) is 0 Å². The Kier molecular flexibility index (Phi) is 10.8. The summed E-state index contributed by atoms with van der Waals surface area (Å²) in [6.45, 7) is 9.42. The average molecular weight is 754 g/mol. The van der Waals surface area contributed by atoms with E-state index in [4.69, 9.17) is 34.8 Å². The van der Waals surface area contributed by atoms with Gasteiger partial charge in [-0.15, -0.1) is 0 Å². The van der Waals surface area contributed by atoms with Crippen LogP contribution in [0.25, 0.3) is 0 Å². The molecule has 0 bridgehead atoms. The van der Waals surface area contributed by atoms with Gasteiger partial charge in [0.05, 0.1) is 0 Å². The standard InChI is InChI=1S/C48H43Cl3Si/c1-32-33(2)35(4)48(34(32)3)52(45-23-11-39(12-24-45)29-36-5-17-42(49)18-6-36,46-25-13-40(14-26-46)30-37-7-19-43(50)20-8-37)47-27-15-41(16-28-47)31-38-9-21-44(51)22-10-38/h5-28,34H,29-31H2,1-4H3. The zero-order valence-electron chi connectivity index (χ0n) is 30.2. The monoisotopic (exact) mass is 752 g/mol. The van der Waals surface area contributed by atoms with E-state index in [1.165, 1.54) is 65.7 Å². The molecule has 1 atom stereocenters. The highest BCUT2D eigenvalue weighted by atomic mass is 35.5. The minimum Gasteiger partial charge on any atom is -0.0843 e. The Morgan fingerprint density at radius 2 is 0.635 bits per heavy atom. The van der Waals surface area contributed by atoms with Crippen molar-refractivity contribution in [2.24, 2.45) is 5.92 Å². The molecule has 1 aliphatic rings. The van der Waals surface area contributed by atoms with Crippen LogP contribution in [-0.4, -0.2) is 8.07 Å². The first kappa shape index (κ1) is 36.3. The summed E-state index contributed by atoms with van der Waals surface area (Å²) < 4.78 is 0. The molecule has 1 aliphatic carbocycles. The fraction of sp³-hybridized carbons (Fsp3) is 0.167. The Bertz CT molecular complexity index is 2010. The van der Waals surface area contributed by atoms with E-state index in [1.807, 2.05) is 36.4 Å². The summed E-state index contributed by atoms with van der Waals surface area (Å²) in [7, 11) is -2.78. The Labute approximate surface area is 325 Å². The molecule has 0 amide bonds. The third-order valence-corrected chi connectivity index (χ3v) is 17.1. The first-order chi connectivity index (χ1) is 25.1. The van der Waals surface area contributed by atoms with Gasteiger partial charge in [-0.05, 0) is 137 Å². The third kappa shape index (κ3) is 7.39. The highest BCUT2D eigenvalue weighted by Gasteiger charge is 2.48. The van der Waals surface area contributed by atoms with Crippen LogP contribution in [0.3, 0.4) is 0 Å². The summed E-state index contributed by atoms with van der Waals surface area (Å²) in [6.07, 6.45) is 2.59. The number of hydrogen-bond acceptors (Lipinski definition) is 0. The summed E-state index contributed by atoms with van der Waals surface area (Å²) in [5.74, 6) is 0.336. The topological polar surface area (TPSA) is 0 Å². The van der Waals surface area contributed by atoms with Gasteiger partial charge in [-0.3, -0.25) is 0 Å². The van der Waals surface area contributed by atoms with E-state index in [9.17, 15) is 0 Å². The molecule has 0 saturated carbocycles. The van der Waals surface area contributed by atoms with Crippen LogP contribution in [0.2, 0.25) is 15.1 Å². The molecule has 0 heterocycles. The van der Waals surface area contributed by atoms with Gasteiger partial charge in [-0.1, -0.05) is 167 Å². The molecular weight excluding hydrogens is 711 g/mol. The van der Waals surface area contributed by atoms with Crippen LogP contribution in [0.5, 0.6) is 0 Å². The number of benzene rings is 6. The highest BCUT2D eigenvalue weighted by molar-refractivity contribution is 7.16. The predicted molar refractivity (Wildman–Crippen MR) is 227 cm³/mol. The molecule has 1 unspecified atom stereocenters. The average Bonchev–Trinajstić information content (AvgIpc) is 3.35. The lowest BCUT2D eigenvalue weighted by molar-refractivity contribution is 0.851. The van der Waals surface area contributed by atoms with Gasteiger partial charge in [-0.25, -0.2) is 0 Å². The zero-order valence-corrected chi connectivity index (χ0v) is 33.5. The van der Waals surface area contributed by atoms with Crippen molar-refractivity contribution < 1.29 is 0 Å². The first-order valence-electron chi connectivity index (χ1n) is 18.0. The lowest BCUT2D eigenvalue weighted by atomic mass is 10.0. The van der Waals surface area contributed by atoms with Crippen molar-refractivity contribution in [3.8, 4) is 0 Å². The minimum atomic E-state index is -2.78. The molecule has 0 aliphatic heterocycles. The number of halogens is 3. The lowest BCUT2D eigenvalue weighted by Crippen LogP contribution is -2.69. The normalized spacial score (nSPS) is 14.7. The molecule has 0 radical (unpaired) electrons. The minimum absolute atomic E-state index is 0.336. The van der Waals surface area contributed by atoms with Crippen molar-refractivity contribution in [1.82, 2.24) is 0 Å². The van der Waals surface area contributed by atoms with Gasteiger partial charge in [0.25, 0.3) is 0 Å². The van der Waals surface area contributed by atoms with Crippen molar-refractivity contribution in [1.29, 1.82) is 0 Å². The molecule has 0 nitrogen and oxygen atoms in total. The molecule has 7 rings (SSSR count). The Hall–Kier alpha value is -4.11. The van der Waals surface area contributed by atoms with Crippen LogP contribution in [0.1, 0.15) is 61.1 Å². The van der Waals surface area contributed by atoms with E-state index in [-0.39, 0.29) is 0 Å². The fourth-order valence-corrected chi connectivity index (χ4v) is 14.0. The second-order valence-corrected chi connectivity index (χ2v) is 19.4. The van der Waals surface area contributed by atoms with Crippen LogP contribution < -0.4 is 15.6 Å². The van der Waals surface area contributed by atoms with E-state index in [0.717, 1.165) is 34.3 Å². The maximum Gasteiger partial charge on any atom is 0.176 e. The van der Waals surface area contributed by atoms with E-state index < -0.39 is 8.07 Å². The van der Waals surface area contributed by atoms with Gasteiger partial charge in [-0.2, -0.15) is 0 Å². The first-order valence-corrected chi connectivity index (χ1v) is 21.2. The molecule has 52 heavy (non-hydrogen) atoms. The number of hydrogen-bond donors (Lipinski definition) is 0. The maximum absolute atomic E-state index is 6.21. The molecular formula is C48H43Cl3Si. The van der Waals surface area contributed by atoms with Crippen LogP contribution in [0, 0.1) is 5.92 Å². The van der Waals surface area contributed by atoms with Crippen LogP contribution in [0.4, 0.5) is 0 Å². The smallest absolute Gasteiger partial charge is 0.0843 e. The van der Waals surface area contributed by atoms with Gasteiger partial charge in [0, 0.05) is 15.1 Å². The fourth-order valence-electron chi connectivity index (χ4n) is 8.07. The highest BCUT2D eigenvalue weighted by Crippen LogP contribution is 2.41. The van der Waals surface area contributed by atoms with Crippen LogP contribution >= 0.6 is 34.8 Å². The van der Waals surface area contributed by atoms with Crippen molar-refractivity contribution in [2.75, 3.05) is 0 Å². The molecule has 6 aromatic carbocycles. The Morgan fingerprint density at radius 1 is 0.385 bits per heavy atom. The predicted octanol–water partition coefficient (Wildman–Crippen LogP) is 11.7. The molecule has 260 valence electrons. The zero-order chi connectivity index (χ0) is 36.4. The van der Waals surface area contributed by atoms with Gasteiger partial charge in [0.2, 0.25) is 0 Å². The third-order valence-electron chi connectivity index (χ3n) is 11.2. The largest absolute Gasteiger partial charge is 0.176 e. The molecule has 4 heteroatoms. The van der Waals surface area contributed by atoms with E-state index in [0.29, 0.717) is 5.92 Å². The van der Waals surface area contributed by atoms with Crippen LogP contribution in [-0.2, 0) is 19.3 Å². The number of allylic oxidation sites excluding steroid dienone is 4. The van der Waals surface area contributed by atoms with Crippen LogP contribution in [0.15, 0.2) is 168 Å². The summed E-state index contributed by atoms with van der Waals surface area (Å²) in [5, 5.41) is 8.11. The molecule has 6 aromatic rings. The van der Waals surface area contributed by atoms with E-state index in [2.05, 4.69) is 137 Å². The molecule has 0 aromatic heterocycles. The molecule has 0 saturated heterocycles. The second kappa shape index (κ2) is 15.5. The lowest BCUT2D eigenvalue weighted by Gasteiger charge is -2.39. The van der Waals surface area contributed by atoms with Gasteiger partial charge < -0.3 is 0 Å². The maximum atomic E-state index is 6.21. The quantitative estimate of drug-likeness (QED) is 0.0965. The van der Waals surface area contributed by atoms with E-state index in [1.54, 1.807) is 5.20 Å². The molecule has 0 fully saturated rings. The van der Waals surface area contributed by atoms with E-state index >= 15 is 0 Å². The summed E-state index contributed by atoms with van der Waals surface area (Å²) in [4.78, 5) is 0. The van der Waals surface area contributed by atoms with Crippen molar-refractivity contribution >= 4 is 58.4 Å². The second-order valence-electron chi connectivity index (χ2n) is 14.3. The molecule has 0 spiro atoms. The Balaban J connectivity index is 1.37. The SMILES string of the molecule is CC1=C(C)C(C)C([Si](c2ccc(Cc3ccc(Cl)cc3)cc2)(c2ccc(Cc3ccc(Cl)cc3)cc2)c2ccc(Cc3ccc(Cl)cc3)cc2)=C1C. The summed E-state index contributed by atoms with van der Waals surface area (Å²) >= 11 is 18.6. The van der Waals surface area contributed by atoms with Gasteiger partial charge >= 0.3 is 0 Å². The summed E-state index contributed by atoms with van der Waals surface area (Å²) in [5.41, 5.74) is 12.0. The molecule has 0 N–H and O–H groups in total. The van der Waals surface area contributed by atoms with Crippen molar-refractivity contribution in [3.05, 3.63) is 216 Å². The Morgan fingerprint density at radius 3 is 0.865 bits per heavy atom. The van der Waals surface area contributed by atoms with Crippen molar-refractivity contribution in [3.63, 3.8) is 0 Å².